The Kier molecular flexibility index (Phi) is 5.29. The fourth-order valence-corrected chi connectivity index (χ4v) is 3.63. The van der Waals surface area contributed by atoms with Gasteiger partial charge in [0.1, 0.15) is 24.7 Å². The second kappa shape index (κ2) is 8.02. The average Bonchev–Trinajstić information content (AvgIpc) is 3.37. The number of esters is 1. The number of carbonyl (C=O) groups excluding carboxylic acids is 1. The predicted molar refractivity (Wildman–Crippen MR) is 102 cm³/mol. The van der Waals surface area contributed by atoms with Crippen LogP contribution in [-0.4, -0.2) is 46.7 Å². The molecular weight excluding hydrogens is 360 g/mol. The fourth-order valence-electron chi connectivity index (χ4n) is 3.63. The summed E-state index contributed by atoms with van der Waals surface area (Å²) in [5, 5.41) is 7.47. The van der Waals surface area contributed by atoms with Gasteiger partial charge >= 0.3 is 5.97 Å². The lowest BCUT2D eigenvalue weighted by atomic mass is 9.95. The highest BCUT2D eigenvalue weighted by molar-refractivity contribution is 5.92. The maximum absolute atomic E-state index is 13.0. The van der Waals surface area contributed by atoms with Crippen molar-refractivity contribution in [3.8, 4) is 5.75 Å². The van der Waals surface area contributed by atoms with Gasteiger partial charge < -0.3 is 19.5 Å². The van der Waals surface area contributed by atoms with Crippen molar-refractivity contribution in [1.29, 1.82) is 0 Å². The highest BCUT2D eigenvalue weighted by Gasteiger charge is 2.35. The van der Waals surface area contributed by atoms with Crippen molar-refractivity contribution in [1.82, 2.24) is 14.8 Å². The molecule has 1 aromatic heterocycles. The third-order valence-electron chi connectivity index (χ3n) is 4.92. The van der Waals surface area contributed by atoms with Gasteiger partial charge in [0.2, 0.25) is 5.95 Å². The molecule has 0 spiro atoms. The van der Waals surface area contributed by atoms with Gasteiger partial charge in [-0.15, -0.1) is 0 Å². The Morgan fingerprint density at radius 2 is 2.32 bits per heavy atom. The van der Waals surface area contributed by atoms with Crippen molar-refractivity contribution in [2.45, 2.75) is 38.8 Å². The van der Waals surface area contributed by atoms with E-state index >= 15 is 0 Å². The topological polar surface area (TPSA) is 87.5 Å². The van der Waals surface area contributed by atoms with Gasteiger partial charge in [-0.05, 0) is 44.4 Å². The molecule has 0 aliphatic carbocycles. The van der Waals surface area contributed by atoms with E-state index in [-0.39, 0.29) is 18.7 Å². The first-order valence-electron chi connectivity index (χ1n) is 9.56. The Balaban J connectivity index is 1.66. The summed E-state index contributed by atoms with van der Waals surface area (Å²) >= 11 is 0. The summed E-state index contributed by atoms with van der Waals surface area (Å²) in [5.41, 5.74) is 2.08. The molecule has 0 amide bonds. The minimum Gasteiger partial charge on any atom is -0.494 e. The molecule has 1 saturated heterocycles. The minimum atomic E-state index is -0.448. The Labute approximate surface area is 163 Å². The molecule has 0 bridgehead atoms. The Bertz CT molecular complexity index is 886. The van der Waals surface area contributed by atoms with Gasteiger partial charge in [-0.2, -0.15) is 10.1 Å². The zero-order chi connectivity index (χ0) is 19.5. The number of anilines is 1. The molecule has 4 rings (SSSR count). The number of benzene rings is 1. The van der Waals surface area contributed by atoms with E-state index in [1.807, 2.05) is 38.1 Å². The van der Waals surface area contributed by atoms with Crippen molar-refractivity contribution in [3.05, 3.63) is 47.4 Å². The largest absolute Gasteiger partial charge is 0.494 e. The number of aromatic nitrogens is 3. The van der Waals surface area contributed by atoms with Gasteiger partial charge in [0.05, 0.1) is 18.3 Å². The van der Waals surface area contributed by atoms with Gasteiger partial charge in [-0.3, -0.25) is 0 Å². The number of hydrogen-bond donors (Lipinski definition) is 1. The molecule has 1 aromatic carbocycles. The number of hydrogen-bond acceptors (Lipinski definition) is 7. The van der Waals surface area contributed by atoms with Gasteiger partial charge in [0.25, 0.3) is 0 Å². The van der Waals surface area contributed by atoms with Crippen molar-refractivity contribution >= 4 is 11.9 Å². The number of allylic oxidation sites excluding steroid dienone is 1. The van der Waals surface area contributed by atoms with Crippen LogP contribution in [0.3, 0.4) is 0 Å². The maximum atomic E-state index is 13.0. The smallest absolute Gasteiger partial charge is 0.338 e. The SMILES string of the molecule is CCOc1cccc([C@H]2C(C(=O)OC[C@H]3CCCO3)=C(C)Nc3ncnn32)c1. The van der Waals surface area contributed by atoms with E-state index in [1.165, 1.54) is 6.33 Å². The van der Waals surface area contributed by atoms with Crippen LogP contribution in [0.25, 0.3) is 0 Å². The summed E-state index contributed by atoms with van der Waals surface area (Å²) in [6.07, 6.45) is 3.36. The van der Waals surface area contributed by atoms with Gasteiger partial charge in [0, 0.05) is 12.3 Å². The molecule has 28 heavy (non-hydrogen) atoms. The quantitative estimate of drug-likeness (QED) is 0.766. The first-order valence-corrected chi connectivity index (χ1v) is 9.56. The van der Waals surface area contributed by atoms with Crippen LogP contribution in [0.15, 0.2) is 41.9 Å². The molecule has 2 atom stereocenters. The second-order valence-electron chi connectivity index (χ2n) is 6.83. The van der Waals surface area contributed by atoms with Crippen LogP contribution in [0.2, 0.25) is 0 Å². The summed E-state index contributed by atoms with van der Waals surface area (Å²) in [7, 11) is 0. The Morgan fingerprint density at radius 1 is 1.43 bits per heavy atom. The summed E-state index contributed by atoms with van der Waals surface area (Å²) in [5.74, 6) is 0.943. The Morgan fingerprint density at radius 3 is 3.11 bits per heavy atom. The van der Waals surface area contributed by atoms with E-state index in [4.69, 9.17) is 14.2 Å². The first-order chi connectivity index (χ1) is 13.7. The van der Waals surface area contributed by atoms with Crippen LogP contribution >= 0.6 is 0 Å². The van der Waals surface area contributed by atoms with Crippen LogP contribution in [0.4, 0.5) is 5.95 Å². The number of rotatable bonds is 6. The number of ether oxygens (including phenoxy) is 3. The molecule has 1 N–H and O–H groups in total. The van der Waals surface area contributed by atoms with Gasteiger partial charge in [0.15, 0.2) is 0 Å². The molecular formula is C20H24N4O4. The molecule has 2 aliphatic heterocycles. The van der Waals surface area contributed by atoms with Crippen LogP contribution in [0, 0.1) is 0 Å². The van der Waals surface area contributed by atoms with Crippen molar-refractivity contribution < 1.29 is 19.0 Å². The number of carbonyl (C=O) groups is 1. The molecule has 8 nitrogen and oxygen atoms in total. The molecule has 0 saturated carbocycles. The third kappa shape index (κ3) is 3.60. The lowest BCUT2D eigenvalue weighted by Crippen LogP contribution is -2.30. The normalized spacial score (nSPS) is 21.2. The third-order valence-corrected chi connectivity index (χ3v) is 4.92. The zero-order valence-corrected chi connectivity index (χ0v) is 16.1. The van der Waals surface area contributed by atoms with Crippen LogP contribution in [-0.2, 0) is 14.3 Å². The van der Waals surface area contributed by atoms with E-state index in [0.717, 1.165) is 30.8 Å². The molecule has 2 aliphatic rings. The summed E-state index contributed by atoms with van der Waals surface area (Å²) in [6, 6.07) is 7.22. The van der Waals surface area contributed by atoms with Crippen molar-refractivity contribution in [2.75, 3.05) is 25.1 Å². The first kappa shape index (κ1) is 18.5. The molecule has 0 unspecified atom stereocenters. The van der Waals surface area contributed by atoms with Crippen LogP contribution < -0.4 is 10.1 Å². The highest BCUT2D eigenvalue weighted by atomic mass is 16.6. The standard InChI is InChI=1S/C20H24N4O4/c1-3-26-15-7-4-6-14(10-15)18-17(13(2)23-20-21-12-22-24(18)20)19(25)28-11-16-8-5-9-27-16/h4,6-7,10,12,16,18H,3,5,8-9,11H2,1-2H3,(H,21,22,23)/t16-,18+/m1/s1. The monoisotopic (exact) mass is 384 g/mol. The second-order valence-corrected chi connectivity index (χ2v) is 6.83. The predicted octanol–water partition coefficient (Wildman–Crippen LogP) is 2.69. The number of fused-ring (bicyclic) bond motifs is 1. The molecule has 0 radical (unpaired) electrons. The Hall–Kier alpha value is -2.87. The van der Waals surface area contributed by atoms with Crippen molar-refractivity contribution in [2.24, 2.45) is 0 Å². The zero-order valence-electron chi connectivity index (χ0n) is 16.1. The van der Waals surface area contributed by atoms with Crippen LogP contribution in [0.5, 0.6) is 5.75 Å². The molecule has 3 heterocycles. The summed E-state index contributed by atoms with van der Waals surface area (Å²) in [6.45, 7) is 5.33. The van der Waals surface area contributed by atoms with E-state index in [9.17, 15) is 4.79 Å². The van der Waals surface area contributed by atoms with Crippen LogP contribution in [0.1, 0.15) is 38.3 Å². The lowest BCUT2D eigenvalue weighted by Gasteiger charge is -2.28. The van der Waals surface area contributed by atoms with E-state index < -0.39 is 6.04 Å². The fraction of sp³-hybridized carbons (Fsp3) is 0.450. The molecule has 2 aromatic rings. The molecule has 148 valence electrons. The van der Waals surface area contributed by atoms with Gasteiger partial charge in [-0.1, -0.05) is 12.1 Å². The highest BCUT2D eigenvalue weighted by Crippen LogP contribution is 2.36. The van der Waals surface area contributed by atoms with E-state index in [1.54, 1.807) is 4.68 Å². The van der Waals surface area contributed by atoms with Crippen molar-refractivity contribution in [3.63, 3.8) is 0 Å². The molecule has 8 heteroatoms. The number of nitrogens with one attached hydrogen (secondary N) is 1. The summed E-state index contributed by atoms with van der Waals surface area (Å²) < 4.78 is 18.5. The maximum Gasteiger partial charge on any atom is 0.338 e. The lowest BCUT2D eigenvalue weighted by molar-refractivity contribution is -0.142. The number of nitrogens with zero attached hydrogens (tertiary/aromatic N) is 3. The molecule has 1 fully saturated rings. The minimum absolute atomic E-state index is 0.0249. The van der Waals surface area contributed by atoms with E-state index in [2.05, 4.69) is 15.4 Å². The average molecular weight is 384 g/mol. The summed E-state index contributed by atoms with van der Waals surface area (Å²) in [4.78, 5) is 17.3. The van der Waals surface area contributed by atoms with Gasteiger partial charge in [-0.25, -0.2) is 9.48 Å². The van der Waals surface area contributed by atoms with E-state index in [0.29, 0.717) is 23.8 Å².